The number of nitrogens with zero attached hydrogens (tertiary/aromatic N) is 1. The van der Waals surface area contributed by atoms with E-state index in [0.717, 1.165) is 32.6 Å². The summed E-state index contributed by atoms with van der Waals surface area (Å²) in [7, 11) is 0. The summed E-state index contributed by atoms with van der Waals surface area (Å²) in [6, 6.07) is 8.51. The Hall–Kier alpha value is -1.55. The van der Waals surface area contributed by atoms with E-state index in [-0.39, 0.29) is 11.8 Å². The standard InChI is InChI=1S/C22H35N3O/c1-16(2)19-9-8-17(3)14-20(19)22(26)24-15-18-6-4-5-7-21(18)25-12-10-23-11-13-25/h4-7,16-17,19-20,23H,8-15H2,1-3H3,(H,24,26)/t17-,19+,20-/m1/s1. The van der Waals surface area contributed by atoms with E-state index in [9.17, 15) is 4.79 Å². The maximum Gasteiger partial charge on any atom is 0.223 e. The molecule has 2 N–H and O–H groups in total. The minimum absolute atomic E-state index is 0.171. The second-order valence-corrected chi connectivity index (χ2v) is 8.52. The van der Waals surface area contributed by atoms with Gasteiger partial charge in [0.25, 0.3) is 0 Å². The Labute approximate surface area is 158 Å². The van der Waals surface area contributed by atoms with Gasteiger partial charge in [-0.3, -0.25) is 4.79 Å². The molecule has 3 rings (SSSR count). The minimum atomic E-state index is 0.171. The zero-order valence-electron chi connectivity index (χ0n) is 16.6. The van der Waals surface area contributed by atoms with Crippen LogP contribution < -0.4 is 15.5 Å². The fraction of sp³-hybridized carbons (Fsp3) is 0.682. The highest BCUT2D eigenvalue weighted by Gasteiger charge is 2.35. The summed E-state index contributed by atoms with van der Waals surface area (Å²) >= 11 is 0. The second-order valence-electron chi connectivity index (χ2n) is 8.52. The third kappa shape index (κ3) is 4.59. The first-order valence-electron chi connectivity index (χ1n) is 10.4. The van der Waals surface area contributed by atoms with Crippen molar-refractivity contribution in [1.82, 2.24) is 10.6 Å². The summed E-state index contributed by atoms with van der Waals surface area (Å²) in [6.07, 6.45) is 3.49. The monoisotopic (exact) mass is 357 g/mol. The predicted octanol–water partition coefficient (Wildman–Crippen LogP) is 3.42. The summed E-state index contributed by atoms with van der Waals surface area (Å²) in [4.78, 5) is 15.4. The number of benzene rings is 1. The first-order valence-corrected chi connectivity index (χ1v) is 10.4. The van der Waals surface area contributed by atoms with Crippen LogP contribution in [-0.2, 0) is 11.3 Å². The van der Waals surface area contributed by atoms with Gasteiger partial charge in [0.2, 0.25) is 5.91 Å². The van der Waals surface area contributed by atoms with Gasteiger partial charge in [0.1, 0.15) is 0 Å². The van der Waals surface area contributed by atoms with Crippen LogP contribution in [0.3, 0.4) is 0 Å². The molecule has 144 valence electrons. The van der Waals surface area contributed by atoms with Crippen molar-refractivity contribution in [3.05, 3.63) is 29.8 Å². The van der Waals surface area contributed by atoms with Gasteiger partial charge in [-0.2, -0.15) is 0 Å². The van der Waals surface area contributed by atoms with E-state index in [0.29, 0.717) is 24.3 Å². The fourth-order valence-electron chi connectivity index (χ4n) is 4.69. The van der Waals surface area contributed by atoms with Gasteiger partial charge in [-0.1, -0.05) is 45.4 Å². The number of carbonyl (C=O) groups is 1. The smallest absolute Gasteiger partial charge is 0.223 e. The zero-order valence-corrected chi connectivity index (χ0v) is 16.6. The molecule has 26 heavy (non-hydrogen) atoms. The van der Waals surface area contributed by atoms with E-state index in [1.54, 1.807) is 0 Å². The van der Waals surface area contributed by atoms with Crippen LogP contribution in [0.15, 0.2) is 24.3 Å². The molecule has 1 saturated heterocycles. The molecule has 0 aromatic heterocycles. The summed E-state index contributed by atoms with van der Waals surface area (Å²) in [5.41, 5.74) is 2.50. The van der Waals surface area contributed by atoms with Crippen LogP contribution in [0.2, 0.25) is 0 Å². The van der Waals surface area contributed by atoms with Crippen molar-refractivity contribution >= 4 is 11.6 Å². The lowest BCUT2D eigenvalue weighted by molar-refractivity contribution is -0.129. The Bertz CT molecular complexity index is 595. The highest BCUT2D eigenvalue weighted by molar-refractivity contribution is 5.79. The number of carbonyl (C=O) groups excluding carboxylic acids is 1. The molecule has 3 atom stereocenters. The van der Waals surface area contributed by atoms with E-state index in [2.05, 4.69) is 60.6 Å². The Morgan fingerprint density at radius 2 is 1.96 bits per heavy atom. The van der Waals surface area contributed by atoms with Crippen LogP contribution in [0.5, 0.6) is 0 Å². The molecule has 2 aliphatic rings. The number of amides is 1. The Kier molecular flexibility index (Phi) is 6.58. The first-order chi connectivity index (χ1) is 12.6. The molecular formula is C22H35N3O. The van der Waals surface area contributed by atoms with E-state index in [1.807, 2.05) is 0 Å². The number of hydrogen-bond acceptors (Lipinski definition) is 3. The number of nitrogens with one attached hydrogen (secondary N) is 2. The quantitative estimate of drug-likeness (QED) is 0.849. The number of para-hydroxylation sites is 1. The maximum atomic E-state index is 13.0. The van der Waals surface area contributed by atoms with Crippen LogP contribution in [0, 0.1) is 23.7 Å². The molecule has 4 nitrogen and oxygen atoms in total. The Balaban J connectivity index is 1.65. The summed E-state index contributed by atoms with van der Waals surface area (Å²) in [5.74, 6) is 2.19. The minimum Gasteiger partial charge on any atom is -0.369 e. The molecule has 1 saturated carbocycles. The average molecular weight is 358 g/mol. The lowest BCUT2D eigenvalue weighted by Crippen LogP contribution is -2.44. The number of hydrogen-bond donors (Lipinski definition) is 2. The van der Waals surface area contributed by atoms with Crippen molar-refractivity contribution in [2.75, 3.05) is 31.1 Å². The SMILES string of the molecule is CC(C)[C@@H]1CC[C@@H](C)C[C@H]1C(=O)NCc1ccccc1N1CCNCC1. The lowest BCUT2D eigenvalue weighted by Gasteiger charge is -2.36. The number of piperazine rings is 1. The van der Waals surface area contributed by atoms with Gasteiger partial charge in [-0.15, -0.1) is 0 Å². The summed E-state index contributed by atoms with van der Waals surface area (Å²) in [6.45, 7) is 11.6. The Morgan fingerprint density at radius 3 is 2.69 bits per heavy atom. The van der Waals surface area contributed by atoms with Crippen molar-refractivity contribution in [2.45, 2.75) is 46.6 Å². The molecule has 0 bridgehead atoms. The van der Waals surface area contributed by atoms with Gasteiger partial charge in [0.15, 0.2) is 0 Å². The third-order valence-electron chi connectivity index (χ3n) is 6.26. The molecule has 0 spiro atoms. The van der Waals surface area contributed by atoms with Crippen molar-refractivity contribution in [1.29, 1.82) is 0 Å². The average Bonchev–Trinajstić information content (AvgIpc) is 2.66. The first kappa shape index (κ1) is 19.2. The number of rotatable bonds is 5. The molecule has 1 aromatic carbocycles. The molecule has 1 amide bonds. The second kappa shape index (κ2) is 8.90. The molecular weight excluding hydrogens is 322 g/mol. The fourth-order valence-corrected chi connectivity index (χ4v) is 4.69. The van der Waals surface area contributed by atoms with E-state index in [4.69, 9.17) is 0 Å². The molecule has 0 radical (unpaired) electrons. The molecule has 1 aromatic rings. The largest absolute Gasteiger partial charge is 0.369 e. The van der Waals surface area contributed by atoms with Gasteiger partial charge in [0, 0.05) is 44.3 Å². The summed E-state index contributed by atoms with van der Waals surface area (Å²) in [5, 5.41) is 6.68. The molecule has 1 heterocycles. The maximum absolute atomic E-state index is 13.0. The van der Waals surface area contributed by atoms with E-state index in [1.165, 1.54) is 24.1 Å². The molecule has 1 aliphatic heterocycles. The van der Waals surface area contributed by atoms with Crippen LogP contribution in [0.25, 0.3) is 0 Å². The van der Waals surface area contributed by atoms with Gasteiger partial charge in [-0.25, -0.2) is 0 Å². The lowest BCUT2D eigenvalue weighted by atomic mass is 9.70. The molecule has 4 heteroatoms. The topological polar surface area (TPSA) is 44.4 Å². The van der Waals surface area contributed by atoms with Crippen LogP contribution in [0.1, 0.15) is 45.6 Å². The van der Waals surface area contributed by atoms with Crippen molar-refractivity contribution in [3.63, 3.8) is 0 Å². The van der Waals surface area contributed by atoms with Gasteiger partial charge in [0.05, 0.1) is 0 Å². The third-order valence-corrected chi connectivity index (χ3v) is 6.26. The predicted molar refractivity (Wildman–Crippen MR) is 108 cm³/mol. The zero-order chi connectivity index (χ0) is 18.5. The highest BCUT2D eigenvalue weighted by Crippen LogP contribution is 2.38. The van der Waals surface area contributed by atoms with Crippen LogP contribution >= 0.6 is 0 Å². The van der Waals surface area contributed by atoms with Gasteiger partial charge >= 0.3 is 0 Å². The van der Waals surface area contributed by atoms with E-state index < -0.39 is 0 Å². The molecule has 1 aliphatic carbocycles. The summed E-state index contributed by atoms with van der Waals surface area (Å²) < 4.78 is 0. The Morgan fingerprint density at radius 1 is 1.23 bits per heavy atom. The normalized spacial score (nSPS) is 26.8. The van der Waals surface area contributed by atoms with Gasteiger partial charge < -0.3 is 15.5 Å². The number of anilines is 1. The highest BCUT2D eigenvalue weighted by atomic mass is 16.1. The van der Waals surface area contributed by atoms with Crippen molar-refractivity contribution < 1.29 is 4.79 Å². The van der Waals surface area contributed by atoms with Crippen LogP contribution in [0.4, 0.5) is 5.69 Å². The van der Waals surface area contributed by atoms with Crippen molar-refractivity contribution in [3.8, 4) is 0 Å². The van der Waals surface area contributed by atoms with Gasteiger partial charge in [-0.05, 0) is 42.2 Å². The van der Waals surface area contributed by atoms with Crippen LogP contribution in [-0.4, -0.2) is 32.1 Å². The molecule has 2 fully saturated rings. The molecule has 0 unspecified atom stereocenters. The van der Waals surface area contributed by atoms with E-state index >= 15 is 0 Å². The van der Waals surface area contributed by atoms with Crippen molar-refractivity contribution in [2.24, 2.45) is 23.7 Å².